The van der Waals surface area contributed by atoms with Gasteiger partial charge in [-0.15, -0.1) is 0 Å². The van der Waals surface area contributed by atoms with Gasteiger partial charge in [-0.2, -0.15) is 0 Å². The lowest BCUT2D eigenvalue weighted by molar-refractivity contribution is 0.0978. The van der Waals surface area contributed by atoms with E-state index < -0.39 is 0 Å². The monoisotopic (exact) mass is 306 g/mol. The van der Waals surface area contributed by atoms with E-state index in [9.17, 15) is 9.59 Å². The Bertz CT molecular complexity index is 555. The number of thioether (sulfide) groups is 1. The predicted octanol–water partition coefficient (Wildman–Crippen LogP) is 2.05. The second-order valence-electron chi connectivity index (χ2n) is 4.82. The third kappa shape index (κ3) is 4.78. The maximum atomic E-state index is 12.0. The molecule has 1 aliphatic heterocycles. The number of amidine groups is 1. The average Bonchev–Trinajstić information content (AvgIpc) is 2.91. The summed E-state index contributed by atoms with van der Waals surface area (Å²) in [5, 5.41) is 8.85. The fourth-order valence-corrected chi connectivity index (χ4v) is 2.44. The second kappa shape index (κ2) is 7.12. The van der Waals surface area contributed by atoms with Gasteiger partial charge in [0.2, 0.25) is 0 Å². The van der Waals surface area contributed by atoms with Crippen molar-refractivity contribution >= 4 is 34.6 Å². The zero-order valence-corrected chi connectivity index (χ0v) is 12.8. The fourth-order valence-electron chi connectivity index (χ4n) is 1.71. The molecule has 0 fully saturated rings. The molecule has 0 radical (unpaired) electrons. The summed E-state index contributed by atoms with van der Waals surface area (Å²) in [5.41, 5.74) is 1.16. The molecule has 0 atom stereocenters. The number of carbonyl (C=O) groups is 2. The molecule has 112 valence electrons. The van der Waals surface area contributed by atoms with Crippen LogP contribution in [0.1, 0.15) is 24.2 Å². The summed E-state index contributed by atoms with van der Waals surface area (Å²) >= 11 is 1.54. The normalized spacial score (nSPS) is 13.8. The van der Waals surface area contributed by atoms with Crippen LogP contribution in [0.4, 0.5) is 10.5 Å². The first kappa shape index (κ1) is 15.4. The lowest BCUT2D eigenvalue weighted by atomic mass is 10.2. The Hall–Kier alpha value is -2.02. The molecule has 2 rings (SSSR count). The summed E-state index contributed by atoms with van der Waals surface area (Å²) in [6.07, 6.45) is 0. The number of rotatable bonds is 3. The van der Waals surface area contributed by atoms with Gasteiger partial charge in [-0.25, -0.2) is 4.79 Å². The van der Waals surface area contributed by atoms with Gasteiger partial charge in [-0.3, -0.25) is 9.79 Å². The molecule has 3 N–H and O–H groups in total. The standard InChI is InChI=1S/C14H18N4O2S/c1-9(2)16-13(20)17-11-5-3-10(4-6-11)12(19)18-14-15-7-8-21-14/h3-6,9H,7-8H2,1-2H3,(H,15,18,19)(H2,16,17,20). The number of urea groups is 1. The maximum Gasteiger partial charge on any atom is 0.319 e. The van der Waals surface area contributed by atoms with E-state index in [2.05, 4.69) is 20.9 Å². The van der Waals surface area contributed by atoms with E-state index in [1.165, 1.54) is 11.8 Å². The molecule has 0 bridgehead atoms. The van der Waals surface area contributed by atoms with Gasteiger partial charge in [0.15, 0.2) is 5.17 Å². The lowest BCUT2D eigenvalue weighted by Crippen LogP contribution is -2.34. The van der Waals surface area contributed by atoms with Gasteiger partial charge >= 0.3 is 6.03 Å². The number of aliphatic imine (C=N–C) groups is 1. The highest BCUT2D eigenvalue weighted by molar-refractivity contribution is 8.14. The summed E-state index contributed by atoms with van der Waals surface area (Å²) in [4.78, 5) is 27.7. The Labute approximate surface area is 127 Å². The molecule has 0 saturated heterocycles. The van der Waals surface area contributed by atoms with Gasteiger partial charge in [0.1, 0.15) is 0 Å². The van der Waals surface area contributed by atoms with Gasteiger partial charge in [0, 0.05) is 23.0 Å². The summed E-state index contributed by atoms with van der Waals surface area (Å²) in [6.45, 7) is 4.52. The Morgan fingerprint density at radius 1 is 1.19 bits per heavy atom. The van der Waals surface area contributed by atoms with Crippen LogP contribution < -0.4 is 16.0 Å². The molecule has 1 aromatic rings. The molecule has 1 aromatic carbocycles. The molecule has 21 heavy (non-hydrogen) atoms. The molecular formula is C14H18N4O2S. The van der Waals surface area contributed by atoms with E-state index >= 15 is 0 Å². The molecule has 6 nitrogen and oxygen atoms in total. The van der Waals surface area contributed by atoms with Crippen LogP contribution in [-0.4, -0.2) is 35.4 Å². The fraction of sp³-hybridized carbons (Fsp3) is 0.357. The molecule has 0 aromatic heterocycles. The van der Waals surface area contributed by atoms with Crippen LogP contribution in [0.25, 0.3) is 0 Å². The van der Waals surface area contributed by atoms with Crippen molar-refractivity contribution < 1.29 is 9.59 Å². The molecule has 1 aliphatic rings. The molecule has 0 unspecified atom stereocenters. The number of anilines is 1. The highest BCUT2D eigenvalue weighted by Gasteiger charge is 2.12. The van der Waals surface area contributed by atoms with Crippen LogP contribution in [-0.2, 0) is 0 Å². The minimum absolute atomic E-state index is 0.0692. The number of benzene rings is 1. The Morgan fingerprint density at radius 3 is 2.48 bits per heavy atom. The molecule has 3 amide bonds. The van der Waals surface area contributed by atoms with Crippen molar-refractivity contribution in [1.82, 2.24) is 10.6 Å². The van der Waals surface area contributed by atoms with Gasteiger partial charge in [0.05, 0.1) is 6.54 Å². The topological polar surface area (TPSA) is 82.6 Å². The smallest absolute Gasteiger partial charge is 0.319 e. The van der Waals surface area contributed by atoms with Crippen molar-refractivity contribution in [1.29, 1.82) is 0 Å². The van der Waals surface area contributed by atoms with Crippen LogP contribution in [0.15, 0.2) is 29.3 Å². The van der Waals surface area contributed by atoms with E-state index in [4.69, 9.17) is 0 Å². The molecule has 0 saturated carbocycles. The highest BCUT2D eigenvalue weighted by atomic mass is 32.2. The largest absolute Gasteiger partial charge is 0.336 e. The maximum absolute atomic E-state index is 12.0. The van der Waals surface area contributed by atoms with Crippen molar-refractivity contribution in [3.8, 4) is 0 Å². The van der Waals surface area contributed by atoms with Crippen molar-refractivity contribution in [3.05, 3.63) is 29.8 Å². The molecule has 0 spiro atoms. The van der Waals surface area contributed by atoms with Gasteiger partial charge in [-0.1, -0.05) is 11.8 Å². The third-order valence-electron chi connectivity index (χ3n) is 2.63. The van der Waals surface area contributed by atoms with E-state index in [0.717, 1.165) is 12.3 Å². The van der Waals surface area contributed by atoms with Crippen molar-refractivity contribution in [2.45, 2.75) is 19.9 Å². The molecule has 0 aliphatic carbocycles. The zero-order chi connectivity index (χ0) is 15.2. The first-order valence-electron chi connectivity index (χ1n) is 6.71. The number of carbonyl (C=O) groups excluding carboxylic acids is 2. The van der Waals surface area contributed by atoms with Crippen LogP contribution in [0.3, 0.4) is 0 Å². The Balaban J connectivity index is 1.92. The summed E-state index contributed by atoms with van der Waals surface area (Å²) < 4.78 is 0. The molecular weight excluding hydrogens is 288 g/mol. The quantitative estimate of drug-likeness (QED) is 0.799. The number of nitrogens with one attached hydrogen (secondary N) is 3. The third-order valence-corrected chi connectivity index (χ3v) is 3.52. The summed E-state index contributed by atoms with van der Waals surface area (Å²) in [6, 6.07) is 6.52. The summed E-state index contributed by atoms with van der Waals surface area (Å²) in [5.74, 6) is 0.713. The van der Waals surface area contributed by atoms with E-state index in [1.54, 1.807) is 24.3 Å². The summed E-state index contributed by atoms with van der Waals surface area (Å²) in [7, 11) is 0. The van der Waals surface area contributed by atoms with Crippen molar-refractivity contribution in [2.75, 3.05) is 17.6 Å². The van der Waals surface area contributed by atoms with Crippen LogP contribution in [0.2, 0.25) is 0 Å². The van der Waals surface area contributed by atoms with Crippen molar-refractivity contribution in [3.63, 3.8) is 0 Å². The SMILES string of the molecule is CC(C)NC(=O)Nc1ccc(C(=O)NC2=NCCS2)cc1. The highest BCUT2D eigenvalue weighted by Crippen LogP contribution is 2.12. The van der Waals surface area contributed by atoms with Crippen LogP contribution >= 0.6 is 11.8 Å². The predicted molar refractivity (Wildman–Crippen MR) is 86.0 cm³/mol. The number of hydrogen-bond donors (Lipinski definition) is 3. The average molecular weight is 306 g/mol. The minimum Gasteiger partial charge on any atom is -0.336 e. The van der Waals surface area contributed by atoms with Crippen LogP contribution in [0, 0.1) is 0 Å². The van der Waals surface area contributed by atoms with E-state index in [1.807, 2.05) is 13.8 Å². The Morgan fingerprint density at radius 2 is 1.90 bits per heavy atom. The van der Waals surface area contributed by atoms with Gasteiger partial charge in [-0.05, 0) is 38.1 Å². The van der Waals surface area contributed by atoms with Crippen LogP contribution in [0.5, 0.6) is 0 Å². The molecule has 1 heterocycles. The second-order valence-corrected chi connectivity index (χ2v) is 5.90. The first-order valence-corrected chi connectivity index (χ1v) is 7.69. The Kier molecular flexibility index (Phi) is 5.21. The van der Waals surface area contributed by atoms with Gasteiger partial charge in [0.25, 0.3) is 5.91 Å². The lowest BCUT2D eigenvalue weighted by Gasteiger charge is -2.10. The zero-order valence-electron chi connectivity index (χ0n) is 12.0. The molecule has 7 heteroatoms. The minimum atomic E-state index is -0.265. The van der Waals surface area contributed by atoms with Gasteiger partial charge < -0.3 is 16.0 Å². The first-order chi connectivity index (χ1) is 10.0. The van der Waals surface area contributed by atoms with Crippen molar-refractivity contribution in [2.24, 2.45) is 4.99 Å². The number of nitrogens with zero attached hydrogens (tertiary/aromatic N) is 1. The number of amides is 3. The number of hydrogen-bond acceptors (Lipinski definition) is 4. The van der Waals surface area contributed by atoms with E-state index in [-0.39, 0.29) is 18.0 Å². The van der Waals surface area contributed by atoms with E-state index in [0.29, 0.717) is 16.4 Å².